The number of amides is 4. The van der Waals surface area contributed by atoms with Crippen LogP contribution in [0.3, 0.4) is 0 Å². The maximum atomic E-state index is 12.7. The number of hydrogen-bond donors (Lipinski definition) is 2. The lowest BCUT2D eigenvalue weighted by atomic mass is 9.99. The highest BCUT2D eigenvalue weighted by atomic mass is 16.6. The predicted octanol–water partition coefficient (Wildman–Crippen LogP) is 2.02. The molecule has 4 aliphatic heterocycles. The Balaban J connectivity index is 0.000000194. The van der Waals surface area contributed by atoms with Crippen molar-refractivity contribution in [3.63, 3.8) is 0 Å². The third kappa shape index (κ3) is 7.75. The van der Waals surface area contributed by atoms with Crippen LogP contribution in [-0.4, -0.2) is 136 Å². The van der Waals surface area contributed by atoms with Gasteiger partial charge in [0.2, 0.25) is 0 Å². The highest BCUT2D eigenvalue weighted by molar-refractivity contribution is 5.95. The summed E-state index contributed by atoms with van der Waals surface area (Å²) in [4.78, 5) is 56.8. The number of likely N-dealkylation sites (N-methyl/N-ethyl adjacent to an activating group) is 2. The van der Waals surface area contributed by atoms with E-state index in [9.17, 15) is 29.4 Å². The van der Waals surface area contributed by atoms with Crippen LogP contribution in [0, 0.1) is 0 Å². The number of aliphatic hydroxyl groups excluding tert-OH is 2. The summed E-state index contributed by atoms with van der Waals surface area (Å²) in [5.74, 6) is -0.354. The van der Waals surface area contributed by atoms with Crippen molar-refractivity contribution in [3.05, 3.63) is 33.9 Å². The van der Waals surface area contributed by atoms with Gasteiger partial charge in [-0.25, -0.2) is 9.59 Å². The van der Waals surface area contributed by atoms with E-state index in [4.69, 9.17) is 9.47 Å². The highest BCUT2D eigenvalue weighted by Crippen LogP contribution is 2.31. The Bertz CT molecular complexity index is 1530. The van der Waals surface area contributed by atoms with Gasteiger partial charge in [0, 0.05) is 63.2 Å². The number of carbonyl (C=O) groups is 4. The molecule has 50 heavy (non-hydrogen) atoms. The van der Waals surface area contributed by atoms with Crippen molar-refractivity contribution in [2.45, 2.75) is 130 Å². The molecule has 0 bridgehead atoms. The molecule has 16 heteroatoms. The molecule has 2 aromatic rings. The topological polar surface area (TPSA) is 176 Å². The number of aliphatic hydroxyl groups is 2. The molecule has 0 aliphatic carbocycles. The molecule has 16 nitrogen and oxygen atoms in total. The van der Waals surface area contributed by atoms with Crippen molar-refractivity contribution in [2.75, 3.05) is 27.2 Å². The first-order valence-corrected chi connectivity index (χ1v) is 17.2. The number of ether oxygens (including phenoxy) is 2. The third-order valence-electron chi connectivity index (χ3n) is 9.06. The van der Waals surface area contributed by atoms with Crippen LogP contribution in [-0.2, 0) is 48.5 Å². The second-order valence-corrected chi connectivity index (χ2v) is 15.9. The monoisotopic (exact) mass is 700 g/mol. The molecule has 0 unspecified atom stereocenters. The summed E-state index contributed by atoms with van der Waals surface area (Å²) in [5.41, 5.74) is 2.94. The molecule has 0 spiro atoms. The Labute approximate surface area is 292 Å². The van der Waals surface area contributed by atoms with E-state index in [1.807, 2.05) is 55.4 Å². The highest BCUT2D eigenvalue weighted by Gasteiger charge is 2.39. The molecule has 0 saturated heterocycles. The number of hydrogen-bond acceptors (Lipinski definition) is 10. The molecule has 2 N–H and O–H groups in total. The van der Waals surface area contributed by atoms with Crippen molar-refractivity contribution in [3.8, 4) is 0 Å². The van der Waals surface area contributed by atoms with Crippen LogP contribution in [0.1, 0.15) is 98.9 Å². The molecular formula is C34H52N8O8. The van der Waals surface area contributed by atoms with Gasteiger partial charge < -0.3 is 39.3 Å². The second kappa shape index (κ2) is 13.5. The second-order valence-electron chi connectivity index (χ2n) is 15.9. The van der Waals surface area contributed by atoms with Crippen molar-refractivity contribution in [1.29, 1.82) is 0 Å². The molecule has 0 aromatic carbocycles. The summed E-state index contributed by atoms with van der Waals surface area (Å²) >= 11 is 0. The van der Waals surface area contributed by atoms with E-state index in [0.29, 0.717) is 24.2 Å². The molecule has 4 amide bonds. The van der Waals surface area contributed by atoms with Gasteiger partial charge in [0.1, 0.15) is 22.6 Å². The summed E-state index contributed by atoms with van der Waals surface area (Å²) in [5, 5.41) is 29.2. The zero-order chi connectivity index (χ0) is 37.0. The lowest BCUT2D eigenvalue weighted by Crippen LogP contribution is -2.45. The first-order valence-electron chi connectivity index (χ1n) is 17.2. The number of β-amino-alcohol motifs (C(OH)–C–C–N with tert-alkyl or cyclic N) is 2. The quantitative estimate of drug-likeness (QED) is 0.414. The lowest BCUT2D eigenvalue weighted by Gasteiger charge is -2.34. The molecule has 4 aliphatic rings. The van der Waals surface area contributed by atoms with Gasteiger partial charge in [-0.3, -0.25) is 19.0 Å². The summed E-state index contributed by atoms with van der Waals surface area (Å²) in [6.45, 7) is 16.5. The van der Waals surface area contributed by atoms with Crippen LogP contribution in [0.25, 0.3) is 0 Å². The molecule has 6 rings (SSSR count). The van der Waals surface area contributed by atoms with E-state index in [2.05, 4.69) is 10.2 Å². The Hall–Kier alpha value is -4.18. The number of nitrogens with zero attached hydrogens (tertiary/aromatic N) is 8. The maximum absolute atomic E-state index is 12.7. The van der Waals surface area contributed by atoms with Crippen LogP contribution in [0.4, 0.5) is 9.59 Å². The molecule has 0 fully saturated rings. The van der Waals surface area contributed by atoms with Gasteiger partial charge in [0.05, 0.1) is 49.8 Å². The number of rotatable bonds is 0. The van der Waals surface area contributed by atoms with Gasteiger partial charge in [-0.1, -0.05) is 0 Å². The average Bonchev–Trinajstić information content (AvgIpc) is 3.42. The minimum absolute atomic E-state index is 0.0701. The zero-order valence-corrected chi connectivity index (χ0v) is 30.9. The Morgan fingerprint density at radius 2 is 1.00 bits per heavy atom. The standard InChI is InChI=1S/2C17H26N4O4/c2*1-10-6-13-12(9-20(10)16(24)25-17(2,3)4)14-15(23)19(5)7-11(22)8-21(14)18-13/h2*10-11,22H,6-9H2,1-5H3/t10-,11+;10-,11-/m11/s1. The fraction of sp³-hybridized carbons (Fsp3) is 0.706. The minimum Gasteiger partial charge on any atom is -0.444 e. The first kappa shape index (κ1) is 37.1. The summed E-state index contributed by atoms with van der Waals surface area (Å²) in [6, 6.07) is -0.140. The average molecular weight is 701 g/mol. The van der Waals surface area contributed by atoms with E-state index >= 15 is 0 Å². The van der Waals surface area contributed by atoms with Gasteiger partial charge in [-0.2, -0.15) is 10.2 Å². The van der Waals surface area contributed by atoms with Crippen LogP contribution < -0.4 is 0 Å². The molecule has 6 heterocycles. The third-order valence-corrected chi connectivity index (χ3v) is 9.06. The molecule has 2 aromatic heterocycles. The number of carbonyl (C=O) groups excluding carboxylic acids is 4. The van der Waals surface area contributed by atoms with Crippen molar-refractivity contribution >= 4 is 24.0 Å². The van der Waals surface area contributed by atoms with E-state index in [1.54, 1.807) is 33.3 Å². The smallest absolute Gasteiger partial charge is 0.410 e. The van der Waals surface area contributed by atoms with Crippen LogP contribution in [0.2, 0.25) is 0 Å². The van der Waals surface area contributed by atoms with E-state index in [0.717, 1.165) is 22.5 Å². The van der Waals surface area contributed by atoms with E-state index in [-0.39, 0.29) is 75.4 Å². The maximum Gasteiger partial charge on any atom is 0.410 e. The van der Waals surface area contributed by atoms with Crippen LogP contribution >= 0.6 is 0 Å². The molecule has 4 atom stereocenters. The van der Waals surface area contributed by atoms with Crippen molar-refractivity contribution in [1.82, 2.24) is 39.2 Å². The fourth-order valence-corrected chi connectivity index (χ4v) is 6.74. The van der Waals surface area contributed by atoms with Crippen LogP contribution in [0.15, 0.2) is 0 Å². The zero-order valence-electron chi connectivity index (χ0n) is 30.9. The van der Waals surface area contributed by atoms with E-state index in [1.165, 1.54) is 9.80 Å². The summed E-state index contributed by atoms with van der Waals surface area (Å²) in [7, 11) is 3.33. The fourth-order valence-electron chi connectivity index (χ4n) is 6.74. The van der Waals surface area contributed by atoms with Gasteiger partial charge >= 0.3 is 12.2 Å². The Kier molecular flexibility index (Phi) is 10.0. The van der Waals surface area contributed by atoms with Crippen LogP contribution in [0.5, 0.6) is 0 Å². The molecular weight excluding hydrogens is 648 g/mol. The minimum atomic E-state index is -0.657. The van der Waals surface area contributed by atoms with Gasteiger partial charge in [-0.05, 0) is 55.4 Å². The van der Waals surface area contributed by atoms with E-state index < -0.39 is 23.4 Å². The Morgan fingerprint density at radius 3 is 1.32 bits per heavy atom. The SMILES string of the molecule is C[C@@H]1Cc2nn3c(c2CN1C(=O)OC(C)(C)C)C(=O)N(C)C[C@@H](O)C3.C[C@@H]1Cc2nn3c(c2CN1C(=O)OC(C)(C)C)C(=O)N(C)C[C@H](O)C3. The summed E-state index contributed by atoms with van der Waals surface area (Å²) < 4.78 is 14.2. The van der Waals surface area contributed by atoms with Gasteiger partial charge in [0.15, 0.2) is 0 Å². The molecule has 0 saturated carbocycles. The molecule has 0 radical (unpaired) electrons. The first-order chi connectivity index (χ1) is 23.1. The predicted molar refractivity (Wildman–Crippen MR) is 180 cm³/mol. The number of fused-ring (bicyclic) bond motifs is 6. The van der Waals surface area contributed by atoms with Crippen molar-refractivity contribution < 1.29 is 38.9 Å². The lowest BCUT2D eigenvalue weighted by molar-refractivity contribution is 0.0126. The Morgan fingerprint density at radius 1 is 0.660 bits per heavy atom. The number of aromatic nitrogens is 4. The van der Waals surface area contributed by atoms with Crippen molar-refractivity contribution in [2.24, 2.45) is 0 Å². The molecule has 276 valence electrons. The largest absolute Gasteiger partial charge is 0.444 e. The summed E-state index contributed by atoms with van der Waals surface area (Å²) in [6.07, 6.45) is -0.976. The van der Waals surface area contributed by atoms with Gasteiger partial charge in [0.25, 0.3) is 11.8 Å². The normalized spacial score (nSPS) is 23.8. The van der Waals surface area contributed by atoms with Gasteiger partial charge in [-0.15, -0.1) is 0 Å².